The minimum absolute atomic E-state index is 0.569. The van der Waals surface area contributed by atoms with Crippen molar-refractivity contribution >= 4 is 33.8 Å². The normalized spacial score (nSPS) is 10.2. The molecule has 1 rings (SSSR count). The van der Waals surface area contributed by atoms with Gasteiger partial charge in [0.05, 0.1) is 0 Å². The van der Waals surface area contributed by atoms with E-state index in [1.54, 1.807) is 17.1 Å². The van der Waals surface area contributed by atoms with E-state index < -0.39 is 6.09 Å². The van der Waals surface area contributed by atoms with E-state index in [2.05, 4.69) is 21.2 Å². The number of carbonyl (C=O) groups is 1. The Morgan fingerprint density at radius 3 is 2.46 bits per heavy atom. The van der Waals surface area contributed by atoms with Gasteiger partial charge in [-0.15, -0.1) is 0 Å². The topological polar surface area (TPSA) is 49.3 Å². The van der Waals surface area contributed by atoms with Crippen molar-refractivity contribution < 1.29 is 9.90 Å². The summed E-state index contributed by atoms with van der Waals surface area (Å²) in [5.41, 5.74) is 1.58. The molecule has 1 amide bonds. The molecule has 0 saturated carbocycles. The molecule has 1 aromatic rings. The Hall–Kier alpha value is -1.29. The molecule has 4 heteroatoms. The maximum Gasteiger partial charge on any atom is 0.409 e. The van der Waals surface area contributed by atoms with Crippen LogP contribution in [0, 0.1) is 0 Å². The smallest absolute Gasteiger partial charge is 0.409 e. The number of hydrogen-bond acceptors (Lipinski definition) is 1. The summed E-state index contributed by atoms with van der Waals surface area (Å²) in [5, 5.41) is 10.7. The zero-order valence-corrected chi connectivity index (χ0v) is 8.28. The zero-order chi connectivity index (χ0) is 9.68. The number of halogens is 1. The molecule has 0 aliphatic rings. The van der Waals surface area contributed by atoms with Gasteiger partial charge < -0.3 is 5.11 Å². The Balaban J connectivity index is 2.75. The lowest BCUT2D eigenvalue weighted by Crippen LogP contribution is -2.06. The van der Waals surface area contributed by atoms with Crippen molar-refractivity contribution in [1.29, 1.82) is 0 Å². The Morgan fingerprint density at radius 1 is 1.38 bits per heavy atom. The fourth-order valence-electron chi connectivity index (χ4n) is 0.874. The van der Waals surface area contributed by atoms with Gasteiger partial charge in [-0.25, -0.2) is 4.79 Å². The van der Waals surface area contributed by atoms with E-state index in [4.69, 9.17) is 5.11 Å². The van der Waals surface area contributed by atoms with E-state index in [1.165, 1.54) is 0 Å². The minimum Gasteiger partial charge on any atom is -0.465 e. The van der Waals surface area contributed by atoms with Crippen LogP contribution in [0.4, 0.5) is 10.5 Å². The average molecular weight is 242 g/mol. The van der Waals surface area contributed by atoms with Crippen LogP contribution in [0.1, 0.15) is 5.56 Å². The number of amides is 1. The fraction of sp³-hybridized carbons (Fsp3) is 0. The van der Waals surface area contributed by atoms with Gasteiger partial charge in [-0.2, -0.15) is 0 Å². The van der Waals surface area contributed by atoms with Crippen LogP contribution in [0.15, 0.2) is 29.3 Å². The van der Waals surface area contributed by atoms with E-state index in [1.807, 2.05) is 18.2 Å². The Morgan fingerprint density at radius 2 is 2.00 bits per heavy atom. The van der Waals surface area contributed by atoms with Gasteiger partial charge in [-0.1, -0.05) is 28.1 Å². The molecule has 0 aliphatic heterocycles. The molecular weight excluding hydrogens is 234 g/mol. The van der Waals surface area contributed by atoms with Gasteiger partial charge in [-0.3, -0.25) is 5.32 Å². The number of nitrogens with one attached hydrogen (secondary N) is 1. The van der Waals surface area contributed by atoms with E-state index >= 15 is 0 Å². The molecule has 0 heterocycles. The number of rotatable bonds is 2. The molecule has 2 N–H and O–H groups in total. The van der Waals surface area contributed by atoms with Gasteiger partial charge in [0.2, 0.25) is 0 Å². The van der Waals surface area contributed by atoms with Crippen molar-refractivity contribution in [1.82, 2.24) is 0 Å². The standard InChI is InChI=1S/C9H8BrNO2/c10-6-5-7-1-3-8(4-2-7)11-9(12)13/h1-6,11H,(H,12,13). The molecule has 0 saturated heterocycles. The first kappa shape index (κ1) is 9.80. The summed E-state index contributed by atoms with van der Waals surface area (Å²) >= 11 is 3.15. The van der Waals surface area contributed by atoms with Crippen LogP contribution in [0.25, 0.3) is 6.08 Å². The van der Waals surface area contributed by atoms with E-state index in [-0.39, 0.29) is 0 Å². The molecule has 0 aromatic heterocycles. The van der Waals surface area contributed by atoms with E-state index in [0.717, 1.165) is 5.56 Å². The summed E-state index contributed by atoms with van der Waals surface area (Å²) in [6.45, 7) is 0. The maximum absolute atomic E-state index is 10.2. The van der Waals surface area contributed by atoms with Gasteiger partial charge in [0.25, 0.3) is 0 Å². The maximum atomic E-state index is 10.2. The number of anilines is 1. The Bertz CT molecular complexity index is 319. The highest BCUT2D eigenvalue weighted by Gasteiger charge is 1.95. The number of hydrogen-bond donors (Lipinski definition) is 2. The average Bonchev–Trinajstić information content (AvgIpc) is 2.08. The third kappa shape index (κ3) is 3.29. The molecule has 3 nitrogen and oxygen atoms in total. The minimum atomic E-state index is -1.05. The monoisotopic (exact) mass is 241 g/mol. The van der Waals surface area contributed by atoms with Gasteiger partial charge in [0.15, 0.2) is 0 Å². The first-order valence-corrected chi connectivity index (χ1v) is 4.51. The third-order valence-corrected chi connectivity index (χ3v) is 1.68. The summed E-state index contributed by atoms with van der Waals surface area (Å²) in [6.07, 6.45) is 0.814. The van der Waals surface area contributed by atoms with Crippen LogP contribution in [0.5, 0.6) is 0 Å². The molecule has 0 bridgehead atoms. The highest BCUT2D eigenvalue weighted by molar-refractivity contribution is 9.11. The molecule has 13 heavy (non-hydrogen) atoms. The second-order valence-corrected chi connectivity index (χ2v) is 2.87. The zero-order valence-electron chi connectivity index (χ0n) is 6.70. The second-order valence-electron chi connectivity index (χ2n) is 2.34. The molecule has 0 atom stereocenters. The van der Waals surface area contributed by atoms with Crippen molar-refractivity contribution in [2.45, 2.75) is 0 Å². The lowest BCUT2D eigenvalue weighted by Gasteiger charge is -1.99. The van der Waals surface area contributed by atoms with Gasteiger partial charge in [0.1, 0.15) is 0 Å². The van der Waals surface area contributed by atoms with E-state index in [9.17, 15) is 4.79 Å². The lowest BCUT2D eigenvalue weighted by atomic mass is 10.2. The molecule has 0 aliphatic carbocycles. The number of carboxylic acid groups (broad SMARTS) is 1. The quantitative estimate of drug-likeness (QED) is 0.836. The van der Waals surface area contributed by atoms with Crippen molar-refractivity contribution in [2.24, 2.45) is 0 Å². The van der Waals surface area contributed by atoms with Crippen LogP contribution in [-0.4, -0.2) is 11.2 Å². The third-order valence-electron chi connectivity index (χ3n) is 1.42. The van der Waals surface area contributed by atoms with Gasteiger partial charge in [-0.05, 0) is 28.8 Å². The molecule has 0 radical (unpaired) electrons. The van der Waals surface area contributed by atoms with Gasteiger partial charge in [0, 0.05) is 5.69 Å². The van der Waals surface area contributed by atoms with Crippen LogP contribution >= 0.6 is 15.9 Å². The Labute approximate surface area is 84.2 Å². The number of benzene rings is 1. The highest BCUT2D eigenvalue weighted by atomic mass is 79.9. The predicted molar refractivity (Wildman–Crippen MR) is 56.1 cm³/mol. The Kier molecular flexibility index (Phi) is 3.52. The lowest BCUT2D eigenvalue weighted by molar-refractivity contribution is 0.210. The van der Waals surface area contributed by atoms with Crippen LogP contribution in [-0.2, 0) is 0 Å². The molecule has 0 fully saturated rings. The SMILES string of the molecule is O=C(O)Nc1ccc(C=CBr)cc1. The van der Waals surface area contributed by atoms with Crippen LogP contribution < -0.4 is 5.32 Å². The molecule has 68 valence electrons. The summed E-state index contributed by atoms with van der Waals surface area (Å²) in [5.74, 6) is 0. The molecular formula is C9H8BrNO2. The second kappa shape index (κ2) is 4.67. The first-order valence-electron chi connectivity index (χ1n) is 3.59. The summed E-state index contributed by atoms with van der Waals surface area (Å²) < 4.78 is 0. The van der Waals surface area contributed by atoms with Crippen molar-refractivity contribution in [2.75, 3.05) is 5.32 Å². The van der Waals surface area contributed by atoms with E-state index in [0.29, 0.717) is 5.69 Å². The molecule has 0 spiro atoms. The van der Waals surface area contributed by atoms with Crippen molar-refractivity contribution in [3.63, 3.8) is 0 Å². The van der Waals surface area contributed by atoms with Gasteiger partial charge >= 0.3 is 6.09 Å². The molecule has 0 unspecified atom stereocenters. The summed E-state index contributed by atoms with van der Waals surface area (Å²) in [7, 11) is 0. The van der Waals surface area contributed by atoms with Crippen LogP contribution in [0.2, 0.25) is 0 Å². The summed E-state index contributed by atoms with van der Waals surface area (Å²) in [4.78, 5) is 12.0. The highest BCUT2D eigenvalue weighted by Crippen LogP contribution is 2.10. The summed E-state index contributed by atoms with van der Waals surface area (Å²) in [6, 6.07) is 7.05. The van der Waals surface area contributed by atoms with Crippen molar-refractivity contribution in [3.8, 4) is 0 Å². The largest absolute Gasteiger partial charge is 0.465 e. The molecule has 1 aromatic carbocycles. The predicted octanol–water partition coefficient (Wildman–Crippen LogP) is 3.14. The van der Waals surface area contributed by atoms with Crippen LogP contribution in [0.3, 0.4) is 0 Å². The van der Waals surface area contributed by atoms with Crippen molar-refractivity contribution in [3.05, 3.63) is 34.8 Å². The first-order chi connectivity index (χ1) is 6.22. The fourth-order valence-corrected chi connectivity index (χ4v) is 1.18.